The molecule has 3 aromatic carbocycles. The van der Waals surface area contributed by atoms with Crippen molar-refractivity contribution < 1.29 is 9.59 Å². The van der Waals surface area contributed by atoms with Gasteiger partial charge in [0.1, 0.15) is 11.6 Å². The predicted octanol–water partition coefficient (Wildman–Crippen LogP) is 5.48. The van der Waals surface area contributed by atoms with Gasteiger partial charge in [0.15, 0.2) is 0 Å². The molecule has 2 heteroatoms. The lowest BCUT2D eigenvalue weighted by molar-refractivity contribution is -0.144. The minimum Gasteiger partial charge on any atom is -0.298 e. The van der Waals surface area contributed by atoms with Gasteiger partial charge in [0.25, 0.3) is 0 Å². The first-order chi connectivity index (χ1) is 15.0. The Hall–Kier alpha value is -3.26. The highest BCUT2D eigenvalue weighted by molar-refractivity contribution is 6.20. The van der Waals surface area contributed by atoms with Crippen LogP contribution in [0.1, 0.15) is 30.5 Å². The minimum atomic E-state index is -0.756. The Morgan fingerprint density at radius 2 is 1.13 bits per heavy atom. The molecule has 152 valence electrons. The summed E-state index contributed by atoms with van der Waals surface area (Å²) in [7, 11) is 0. The van der Waals surface area contributed by atoms with Crippen molar-refractivity contribution in [3.05, 3.63) is 114 Å². The molecule has 4 atom stereocenters. The van der Waals surface area contributed by atoms with Crippen molar-refractivity contribution >= 4 is 17.1 Å². The van der Waals surface area contributed by atoms with Gasteiger partial charge in [-0.05, 0) is 29.2 Å². The summed E-state index contributed by atoms with van der Waals surface area (Å²) >= 11 is 0. The minimum absolute atomic E-state index is 0.201. The van der Waals surface area contributed by atoms with Crippen LogP contribution in [0, 0.1) is 22.7 Å². The van der Waals surface area contributed by atoms with E-state index in [1.165, 1.54) is 0 Å². The molecule has 0 aliphatic heterocycles. The number of Topliss-reactive ketones (excluding diaryl/α,β-unsaturated/α-hetero) is 2. The summed E-state index contributed by atoms with van der Waals surface area (Å²) in [6.45, 7) is 4.00. The summed E-state index contributed by atoms with van der Waals surface area (Å²) < 4.78 is 0. The van der Waals surface area contributed by atoms with Crippen molar-refractivity contribution in [2.45, 2.75) is 19.3 Å². The quantitative estimate of drug-likeness (QED) is 0.579. The summed E-state index contributed by atoms with van der Waals surface area (Å²) in [5.74, 6) is -0.308. The lowest BCUT2D eigenvalue weighted by Crippen LogP contribution is -2.53. The maximum atomic E-state index is 14.3. The Balaban J connectivity index is 1.56. The average molecular weight is 405 g/mol. The first kappa shape index (κ1) is 18.5. The van der Waals surface area contributed by atoms with E-state index in [0.717, 1.165) is 22.3 Å². The largest absolute Gasteiger partial charge is 0.298 e. The second-order valence-corrected chi connectivity index (χ2v) is 9.53. The maximum Gasteiger partial charge on any atom is 0.149 e. The van der Waals surface area contributed by atoms with Crippen molar-refractivity contribution in [1.29, 1.82) is 0 Å². The Morgan fingerprint density at radius 1 is 0.645 bits per heavy atom. The van der Waals surface area contributed by atoms with Crippen LogP contribution in [-0.2, 0) is 15.0 Å². The summed E-state index contributed by atoms with van der Waals surface area (Å²) in [5.41, 5.74) is 2.06. The molecule has 0 aromatic heterocycles. The second kappa shape index (κ2) is 5.91. The number of carbonyl (C=O) groups excluding carboxylic acids is 2. The van der Waals surface area contributed by atoms with Crippen LogP contribution in [0.25, 0.3) is 5.57 Å². The van der Waals surface area contributed by atoms with E-state index in [2.05, 4.69) is 24.3 Å². The van der Waals surface area contributed by atoms with Crippen molar-refractivity contribution in [3.63, 3.8) is 0 Å². The third-order valence-corrected chi connectivity index (χ3v) is 8.37. The maximum absolute atomic E-state index is 14.3. The molecule has 0 radical (unpaired) electrons. The topological polar surface area (TPSA) is 34.1 Å². The number of allylic oxidation sites excluding steroid dienone is 2. The molecule has 0 unspecified atom stereocenters. The molecule has 3 aliphatic carbocycles. The van der Waals surface area contributed by atoms with Gasteiger partial charge in [-0.25, -0.2) is 0 Å². The van der Waals surface area contributed by atoms with Crippen LogP contribution in [0.15, 0.2) is 97.1 Å². The van der Waals surface area contributed by atoms with Gasteiger partial charge >= 0.3 is 0 Å². The standard InChI is InChI=1S/C29H24O2/c1-27-22(19-12-6-3-7-13-19)18-23(27)25(30)28(2)24(26(27)31)29(28,20-14-8-4-9-15-20)21-16-10-5-11-17-21/h3-18,23-24H,1-2H3/t23-,24+,27-,28+/m0/s1. The van der Waals surface area contributed by atoms with Crippen LogP contribution in [0.5, 0.6) is 0 Å². The fourth-order valence-electron chi connectivity index (χ4n) is 6.75. The van der Waals surface area contributed by atoms with E-state index in [1.807, 2.05) is 86.7 Å². The van der Waals surface area contributed by atoms with Crippen molar-refractivity contribution in [1.82, 2.24) is 0 Å². The summed E-state index contributed by atoms with van der Waals surface area (Å²) in [6, 6.07) is 30.3. The molecule has 0 saturated heterocycles. The van der Waals surface area contributed by atoms with E-state index in [9.17, 15) is 9.59 Å². The summed E-state index contributed by atoms with van der Waals surface area (Å²) in [5, 5.41) is 0. The van der Waals surface area contributed by atoms with E-state index < -0.39 is 16.2 Å². The molecule has 2 saturated carbocycles. The van der Waals surface area contributed by atoms with E-state index in [1.54, 1.807) is 0 Å². The first-order valence-corrected chi connectivity index (χ1v) is 11.0. The van der Waals surface area contributed by atoms with E-state index >= 15 is 0 Å². The fraction of sp³-hybridized carbons (Fsp3) is 0.241. The van der Waals surface area contributed by atoms with E-state index in [0.29, 0.717) is 0 Å². The molecule has 0 heterocycles. The zero-order valence-electron chi connectivity index (χ0n) is 17.7. The number of hydrogen-bond donors (Lipinski definition) is 0. The van der Waals surface area contributed by atoms with Crippen LogP contribution in [0.4, 0.5) is 0 Å². The highest BCUT2D eigenvalue weighted by Gasteiger charge is 2.86. The molecule has 0 amide bonds. The van der Waals surface area contributed by atoms with Crippen LogP contribution < -0.4 is 0 Å². The lowest BCUT2D eigenvalue weighted by Gasteiger charge is -2.48. The molecule has 3 aromatic rings. The van der Waals surface area contributed by atoms with Crippen LogP contribution in [-0.4, -0.2) is 11.6 Å². The van der Waals surface area contributed by atoms with Gasteiger partial charge in [-0.3, -0.25) is 9.59 Å². The first-order valence-electron chi connectivity index (χ1n) is 11.0. The third kappa shape index (κ3) is 1.94. The van der Waals surface area contributed by atoms with Gasteiger partial charge < -0.3 is 0 Å². The molecule has 31 heavy (non-hydrogen) atoms. The molecule has 0 bridgehead atoms. The van der Waals surface area contributed by atoms with Gasteiger partial charge in [0.2, 0.25) is 0 Å². The summed E-state index contributed by atoms with van der Waals surface area (Å²) in [4.78, 5) is 28.3. The molecule has 0 N–H and O–H groups in total. The Kier molecular flexibility index (Phi) is 3.53. The molecular formula is C29H24O2. The highest BCUT2D eigenvalue weighted by Crippen LogP contribution is 2.80. The van der Waals surface area contributed by atoms with Crippen molar-refractivity contribution in [2.75, 3.05) is 0 Å². The Morgan fingerprint density at radius 3 is 1.65 bits per heavy atom. The van der Waals surface area contributed by atoms with Gasteiger partial charge in [0, 0.05) is 11.3 Å². The number of ketones is 2. The number of hydrogen-bond acceptors (Lipinski definition) is 2. The zero-order chi connectivity index (χ0) is 21.4. The monoisotopic (exact) mass is 404 g/mol. The average Bonchev–Trinajstić information content (AvgIpc) is 3.40. The van der Waals surface area contributed by atoms with Gasteiger partial charge in [-0.2, -0.15) is 0 Å². The Labute approximate surface area is 182 Å². The fourth-order valence-corrected chi connectivity index (χ4v) is 6.75. The molecule has 0 spiro atoms. The lowest BCUT2D eigenvalue weighted by atomic mass is 9.51. The predicted molar refractivity (Wildman–Crippen MR) is 121 cm³/mol. The second-order valence-electron chi connectivity index (χ2n) is 9.53. The number of carbonyl (C=O) groups is 2. The normalized spacial score (nSPS) is 32.4. The van der Waals surface area contributed by atoms with Crippen molar-refractivity contribution in [2.24, 2.45) is 22.7 Å². The number of rotatable bonds is 3. The van der Waals surface area contributed by atoms with Gasteiger partial charge in [-0.1, -0.05) is 104 Å². The molecular weight excluding hydrogens is 380 g/mol. The van der Waals surface area contributed by atoms with Crippen molar-refractivity contribution in [3.8, 4) is 0 Å². The molecule has 2 nitrogen and oxygen atoms in total. The highest BCUT2D eigenvalue weighted by atomic mass is 16.2. The van der Waals surface area contributed by atoms with Crippen LogP contribution in [0.2, 0.25) is 0 Å². The zero-order valence-corrected chi connectivity index (χ0v) is 17.7. The van der Waals surface area contributed by atoms with Crippen LogP contribution in [0.3, 0.4) is 0 Å². The number of fused-ring (bicyclic) bond motifs is 2. The van der Waals surface area contributed by atoms with Crippen LogP contribution >= 0.6 is 0 Å². The number of benzene rings is 3. The smallest absolute Gasteiger partial charge is 0.149 e. The third-order valence-electron chi connectivity index (χ3n) is 8.37. The summed E-state index contributed by atoms with van der Waals surface area (Å²) in [6.07, 6.45) is 2.04. The van der Waals surface area contributed by atoms with E-state index in [4.69, 9.17) is 0 Å². The van der Waals surface area contributed by atoms with Gasteiger partial charge in [-0.15, -0.1) is 0 Å². The Bertz CT molecular complexity index is 1200. The SMILES string of the molecule is C[C@@]12C(=O)[C@H]3C(c4ccccc4)(c4ccccc4)[C@@]3(C)C(=O)[C@@H]1C=C2c1ccccc1. The molecule has 6 rings (SSSR count). The molecule has 3 aliphatic rings. The molecule has 2 fully saturated rings. The van der Waals surface area contributed by atoms with Gasteiger partial charge in [0.05, 0.1) is 16.7 Å². The van der Waals surface area contributed by atoms with E-state index in [-0.39, 0.29) is 23.4 Å².